The summed E-state index contributed by atoms with van der Waals surface area (Å²) in [5.74, 6) is 0.435. The first kappa shape index (κ1) is 31.9. The molecule has 0 amide bonds. The second-order valence-electron chi connectivity index (χ2n) is 11.2. The lowest BCUT2D eigenvalue weighted by molar-refractivity contribution is -0.154. The molecule has 0 spiro atoms. The van der Waals surface area contributed by atoms with E-state index in [9.17, 15) is 14.7 Å². The summed E-state index contributed by atoms with van der Waals surface area (Å²) in [7, 11) is 0. The van der Waals surface area contributed by atoms with Gasteiger partial charge in [0.25, 0.3) is 0 Å². The van der Waals surface area contributed by atoms with Crippen molar-refractivity contribution in [3.05, 3.63) is 0 Å². The SMILES string of the molecule is CCCCCC(CCCCC)CCCOC(=O)C(C)(C)CCCCCCOC(=O)[C@@H]1CC(O)CN1. The van der Waals surface area contributed by atoms with Crippen molar-refractivity contribution in [2.24, 2.45) is 11.3 Å². The summed E-state index contributed by atoms with van der Waals surface area (Å²) < 4.78 is 11.0. The summed E-state index contributed by atoms with van der Waals surface area (Å²) in [5.41, 5.74) is -0.455. The molecule has 1 heterocycles. The number of rotatable bonds is 21. The van der Waals surface area contributed by atoms with Crippen LogP contribution in [0.2, 0.25) is 0 Å². The molecule has 0 radical (unpaired) electrons. The van der Waals surface area contributed by atoms with Crippen molar-refractivity contribution in [3.63, 3.8) is 0 Å². The molecule has 0 aromatic heterocycles. The van der Waals surface area contributed by atoms with Gasteiger partial charge in [0.15, 0.2) is 0 Å². The largest absolute Gasteiger partial charge is 0.465 e. The Morgan fingerprint density at radius 2 is 1.46 bits per heavy atom. The predicted octanol–water partition coefficient (Wildman–Crippen LogP) is 6.33. The number of esters is 2. The fourth-order valence-corrected chi connectivity index (χ4v) is 4.83. The van der Waals surface area contributed by atoms with Crippen molar-refractivity contribution in [1.82, 2.24) is 5.32 Å². The third-order valence-electron chi connectivity index (χ3n) is 7.31. The van der Waals surface area contributed by atoms with Gasteiger partial charge >= 0.3 is 11.9 Å². The molecule has 0 aromatic rings. The van der Waals surface area contributed by atoms with Crippen LogP contribution in [0.5, 0.6) is 0 Å². The highest BCUT2D eigenvalue weighted by atomic mass is 16.5. The number of carbonyl (C=O) groups is 2. The Labute approximate surface area is 215 Å². The lowest BCUT2D eigenvalue weighted by Gasteiger charge is -2.23. The van der Waals surface area contributed by atoms with E-state index in [2.05, 4.69) is 19.2 Å². The zero-order chi connectivity index (χ0) is 25.9. The van der Waals surface area contributed by atoms with Gasteiger partial charge in [0.05, 0.1) is 24.7 Å². The molecule has 1 saturated heterocycles. The number of aliphatic hydroxyl groups excluding tert-OH is 1. The van der Waals surface area contributed by atoms with E-state index in [0.29, 0.717) is 26.2 Å². The van der Waals surface area contributed by atoms with Crippen LogP contribution < -0.4 is 5.32 Å². The lowest BCUT2D eigenvalue weighted by Crippen LogP contribution is -2.32. The van der Waals surface area contributed by atoms with Gasteiger partial charge in [-0.1, -0.05) is 84.5 Å². The Morgan fingerprint density at radius 3 is 2.06 bits per heavy atom. The van der Waals surface area contributed by atoms with Crippen LogP contribution in [0.3, 0.4) is 0 Å². The van der Waals surface area contributed by atoms with E-state index in [4.69, 9.17) is 9.47 Å². The Kier molecular flexibility index (Phi) is 17.3. The van der Waals surface area contributed by atoms with E-state index < -0.39 is 11.5 Å². The molecule has 35 heavy (non-hydrogen) atoms. The molecule has 6 nitrogen and oxygen atoms in total. The molecule has 0 aromatic carbocycles. The summed E-state index contributed by atoms with van der Waals surface area (Å²) in [4.78, 5) is 24.5. The third-order valence-corrected chi connectivity index (χ3v) is 7.31. The second kappa shape index (κ2) is 19.0. The number of nitrogens with one attached hydrogen (secondary N) is 1. The first-order valence-electron chi connectivity index (χ1n) is 14.6. The molecule has 1 rings (SSSR count). The van der Waals surface area contributed by atoms with E-state index in [1.54, 1.807) is 0 Å². The van der Waals surface area contributed by atoms with Crippen LogP contribution in [0.4, 0.5) is 0 Å². The van der Waals surface area contributed by atoms with Gasteiger partial charge in [-0.05, 0) is 45.4 Å². The summed E-state index contributed by atoms with van der Waals surface area (Å²) in [6, 6.07) is -0.371. The fraction of sp³-hybridized carbons (Fsp3) is 0.931. The number of β-amino-alcohol motifs (C(OH)–C–C–N with tert-alkyl or cyclic N) is 1. The molecule has 0 aliphatic carbocycles. The van der Waals surface area contributed by atoms with E-state index in [0.717, 1.165) is 44.4 Å². The predicted molar refractivity (Wildman–Crippen MR) is 142 cm³/mol. The van der Waals surface area contributed by atoms with Gasteiger partial charge < -0.3 is 19.9 Å². The Bertz CT molecular complexity index is 555. The molecule has 2 atom stereocenters. The minimum atomic E-state index is -0.455. The average Bonchev–Trinajstić information content (AvgIpc) is 3.27. The van der Waals surface area contributed by atoms with Crippen LogP contribution in [0.25, 0.3) is 0 Å². The maximum atomic E-state index is 12.6. The van der Waals surface area contributed by atoms with Crippen LogP contribution in [0, 0.1) is 11.3 Å². The van der Waals surface area contributed by atoms with Crippen LogP contribution in [-0.4, -0.2) is 48.9 Å². The second-order valence-corrected chi connectivity index (χ2v) is 11.2. The fourth-order valence-electron chi connectivity index (χ4n) is 4.83. The smallest absolute Gasteiger partial charge is 0.323 e. The zero-order valence-corrected chi connectivity index (χ0v) is 23.2. The van der Waals surface area contributed by atoms with E-state index in [1.807, 2.05) is 13.8 Å². The monoisotopic (exact) mass is 497 g/mol. The standard InChI is InChI=1S/C29H55NO5/c1-5-7-11-16-24(17-12-8-6-2)18-15-21-35-28(33)29(3,4)19-13-9-10-14-20-34-27(32)26-22-25(31)23-30-26/h24-26,30-31H,5-23H2,1-4H3/t25?,26-/m0/s1. The van der Waals surface area contributed by atoms with Crippen molar-refractivity contribution in [2.45, 2.75) is 143 Å². The third kappa shape index (κ3) is 14.9. The van der Waals surface area contributed by atoms with Crippen LogP contribution in [0.15, 0.2) is 0 Å². The van der Waals surface area contributed by atoms with Gasteiger partial charge in [0, 0.05) is 13.0 Å². The topological polar surface area (TPSA) is 84.9 Å². The normalized spacial score (nSPS) is 18.2. The van der Waals surface area contributed by atoms with Crippen molar-refractivity contribution in [2.75, 3.05) is 19.8 Å². The summed E-state index contributed by atoms with van der Waals surface area (Å²) in [6.45, 7) is 9.89. The average molecular weight is 498 g/mol. The minimum Gasteiger partial charge on any atom is -0.465 e. The Balaban J connectivity index is 2.12. The maximum Gasteiger partial charge on any atom is 0.323 e. The molecule has 1 fully saturated rings. The van der Waals surface area contributed by atoms with Crippen LogP contribution in [0.1, 0.15) is 130 Å². The number of hydrogen-bond donors (Lipinski definition) is 2. The quantitative estimate of drug-likeness (QED) is 0.142. The van der Waals surface area contributed by atoms with Gasteiger partial charge in [-0.15, -0.1) is 0 Å². The first-order chi connectivity index (χ1) is 16.8. The van der Waals surface area contributed by atoms with Crippen molar-refractivity contribution in [1.29, 1.82) is 0 Å². The van der Waals surface area contributed by atoms with Crippen LogP contribution >= 0.6 is 0 Å². The lowest BCUT2D eigenvalue weighted by atomic mass is 9.87. The Hall–Kier alpha value is -1.14. The highest BCUT2D eigenvalue weighted by Crippen LogP contribution is 2.27. The molecule has 0 saturated carbocycles. The van der Waals surface area contributed by atoms with Gasteiger partial charge in [0.2, 0.25) is 0 Å². The molecule has 1 aliphatic rings. The van der Waals surface area contributed by atoms with Gasteiger partial charge in [-0.2, -0.15) is 0 Å². The maximum absolute atomic E-state index is 12.6. The molecule has 206 valence electrons. The van der Waals surface area contributed by atoms with E-state index in [-0.39, 0.29) is 18.0 Å². The first-order valence-corrected chi connectivity index (χ1v) is 14.6. The molecular weight excluding hydrogens is 442 g/mol. The number of aliphatic hydroxyl groups is 1. The summed E-state index contributed by atoms with van der Waals surface area (Å²) in [6.07, 6.45) is 17.2. The molecule has 2 N–H and O–H groups in total. The van der Waals surface area contributed by atoms with Crippen molar-refractivity contribution in [3.8, 4) is 0 Å². The number of ether oxygens (including phenoxy) is 2. The number of carbonyl (C=O) groups excluding carboxylic acids is 2. The molecule has 1 unspecified atom stereocenters. The Morgan fingerprint density at radius 1 is 0.857 bits per heavy atom. The molecule has 1 aliphatic heterocycles. The van der Waals surface area contributed by atoms with Gasteiger partial charge in [-0.3, -0.25) is 9.59 Å². The summed E-state index contributed by atoms with van der Waals surface area (Å²) in [5, 5.41) is 12.4. The van der Waals surface area contributed by atoms with Crippen molar-refractivity contribution < 1.29 is 24.2 Å². The zero-order valence-electron chi connectivity index (χ0n) is 23.2. The van der Waals surface area contributed by atoms with E-state index in [1.165, 1.54) is 57.8 Å². The van der Waals surface area contributed by atoms with Gasteiger partial charge in [0.1, 0.15) is 6.04 Å². The molecule has 6 heteroatoms. The molecular formula is C29H55NO5. The minimum absolute atomic E-state index is 0.0776. The number of hydrogen-bond acceptors (Lipinski definition) is 6. The summed E-state index contributed by atoms with van der Waals surface area (Å²) >= 11 is 0. The van der Waals surface area contributed by atoms with Crippen LogP contribution in [-0.2, 0) is 19.1 Å². The van der Waals surface area contributed by atoms with Gasteiger partial charge in [-0.25, -0.2) is 0 Å². The highest BCUT2D eigenvalue weighted by Gasteiger charge is 2.30. The number of unbranched alkanes of at least 4 members (excludes halogenated alkanes) is 7. The highest BCUT2D eigenvalue weighted by molar-refractivity contribution is 5.76. The van der Waals surface area contributed by atoms with Crippen molar-refractivity contribution >= 4 is 11.9 Å². The molecule has 0 bridgehead atoms. The van der Waals surface area contributed by atoms with E-state index >= 15 is 0 Å².